The van der Waals surface area contributed by atoms with Crippen molar-refractivity contribution in [3.8, 4) is 0 Å². The molecule has 0 amide bonds. The van der Waals surface area contributed by atoms with Crippen LogP contribution >= 0.6 is 0 Å². The highest BCUT2D eigenvalue weighted by Gasteiger charge is 2.21. The number of piperazine rings is 1. The van der Waals surface area contributed by atoms with Gasteiger partial charge in [-0.05, 0) is 23.6 Å². The van der Waals surface area contributed by atoms with Gasteiger partial charge in [-0.1, -0.05) is 26.0 Å². The van der Waals surface area contributed by atoms with E-state index in [1.54, 1.807) is 6.07 Å². The molecule has 1 saturated heterocycles. The Labute approximate surface area is 121 Å². The number of ether oxygens (including phenoxy) is 1. The van der Waals surface area contributed by atoms with E-state index in [0.29, 0.717) is 17.5 Å². The number of nitrogens with one attached hydrogen (secondary N) is 1. The second kappa shape index (κ2) is 6.86. The van der Waals surface area contributed by atoms with Crippen LogP contribution in [0, 0.1) is 5.92 Å². The highest BCUT2D eigenvalue weighted by Crippen LogP contribution is 2.13. The standard InChI is InChI=1S/C16H24N2O2/c1-12(2)15-11-18(8-7-17-15)10-13-5-4-6-14(9-13)16(19)20-3/h4-6,9,12,15,17H,7-8,10-11H2,1-3H3/t15-/m1/s1. The summed E-state index contributed by atoms with van der Waals surface area (Å²) in [7, 11) is 1.42. The van der Waals surface area contributed by atoms with Crippen LogP contribution in [0.5, 0.6) is 0 Å². The second-order valence-electron chi connectivity index (χ2n) is 5.73. The molecule has 1 atom stereocenters. The second-order valence-corrected chi connectivity index (χ2v) is 5.73. The summed E-state index contributed by atoms with van der Waals surface area (Å²) in [4.78, 5) is 14.0. The molecule has 1 fully saturated rings. The van der Waals surface area contributed by atoms with Gasteiger partial charge in [0.25, 0.3) is 0 Å². The summed E-state index contributed by atoms with van der Waals surface area (Å²) in [6, 6.07) is 8.26. The van der Waals surface area contributed by atoms with Crippen molar-refractivity contribution in [1.29, 1.82) is 0 Å². The molecular formula is C16H24N2O2. The Morgan fingerprint density at radius 3 is 3.00 bits per heavy atom. The minimum Gasteiger partial charge on any atom is -0.465 e. The molecule has 4 nitrogen and oxygen atoms in total. The summed E-state index contributed by atoms with van der Waals surface area (Å²) in [5.74, 6) is 0.367. The van der Waals surface area contributed by atoms with E-state index in [9.17, 15) is 4.79 Å². The lowest BCUT2D eigenvalue weighted by Gasteiger charge is -2.35. The van der Waals surface area contributed by atoms with Crippen molar-refractivity contribution in [3.05, 3.63) is 35.4 Å². The van der Waals surface area contributed by atoms with Gasteiger partial charge in [0, 0.05) is 32.2 Å². The van der Waals surface area contributed by atoms with E-state index in [1.807, 2.05) is 12.1 Å². The Bertz CT molecular complexity index is 460. The number of nitrogens with zero attached hydrogens (tertiary/aromatic N) is 1. The molecule has 0 unspecified atom stereocenters. The third-order valence-corrected chi connectivity index (χ3v) is 3.85. The zero-order valence-electron chi connectivity index (χ0n) is 12.6. The van der Waals surface area contributed by atoms with Crippen molar-refractivity contribution in [1.82, 2.24) is 10.2 Å². The fourth-order valence-corrected chi connectivity index (χ4v) is 2.60. The summed E-state index contributed by atoms with van der Waals surface area (Å²) in [6.45, 7) is 8.51. The van der Waals surface area contributed by atoms with Crippen LogP contribution in [0.4, 0.5) is 0 Å². The average Bonchev–Trinajstić information content (AvgIpc) is 2.47. The molecule has 2 rings (SSSR count). The van der Waals surface area contributed by atoms with E-state index < -0.39 is 0 Å². The number of esters is 1. The molecule has 110 valence electrons. The van der Waals surface area contributed by atoms with Crippen molar-refractivity contribution >= 4 is 5.97 Å². The van der Waals surface area contributed by atoms with Gasteiger partial charge in [0.1, 0.15) is 0 Å². The van der Waals surface area contributed by atoms with E-state index in [2.05, 4.69) is 30.1 Å². The van der Waals surface area contributed by atoms with Crippen LogP contribution in [0.15, 0.2) is 24.3 Å². The molecular weight excluding hydrogens is 252 g/mol. The molecule has 20 heavy (non-hydrogen) atoms. The molecule has 0 spiro atoms. The minimum atomic E-state index is -0.271. The summed E-state index contributed by atoms with van der Waals surface area (Å²) >= 11 is 0. The largest absolute Gasteiger partial charge is 0.465 e. The topological polar surface area (TPSA) is 41.6 Å². The van der Waals surface area contributed by atoms with Crippen LogP contribution in [0.25, 0.3) is 0 Å². The van der Waals surface area contributed by atoms with E-state index in [0.717, 1.165) is 31.7 Å². The fraction of sp³-hybridized carbons (Fsp3) is 0.562. The van der Waals surface area contributed by atoms with Gasteiger partial charge in [0.05, 0.1) is 12.7 Å². The third-order valence-electron chi connectivity index (χ3n) is 3.85. The SMILES string of the molecule is COC(=O)c1cccc(CN2CCN[C@@H](C(C)C)C2)c1. The summed E-state index contributed by atoms with van der Waals surface area (Å²) < 4.78 is 4.77. The van der Waals surface area contributed by atoms with Gasteiger partial charge in [-0.3, -0.25) is 4.90 Å². The highest BCUT2D eigenvalue weighted by molar-refractivity contribution is 5.89. The Hall–Kier alpha value is -1.39. The monoisotopic (exact) mass is 276 g/mol. The Balaban J connectivity index is 2.01. The maximum atomic E-state index is 11.6. The first kappa shape index (κ1) is 15.0. The van der Waals surface area contributed by atoms with Crippen molar-refractivity contribution in [2.24, 2.45) is 5.92 Å². The van der Waals surface area contributed by atoms with Crippen molar-refractivity contribution in [2.45, 2.75) is 26.4 Å². The highest BCUT2D eigenvalue weighted by atomic mass is 16.5. The molecule has 1 aromatic rings. The van der Waals surface area contributed by atoms with Gasteiger partial charge >= 0.3 is 5.97 Å². The van der Waals surface area contributed by atoms with Crippen LogP contribution in [-0.4, -0.2) is 43.7 Å². The summed E-state index contributed by atoms with van der Waals surface area (Å²) in [5, 5.41) is 3.56. The first-order valence-corrected chi connectivity index (χ1v) is 7.23. The van der Waals surface area contributed by atoms with Crippen LogP contribution < -0.4 is 5.32 Å². The maximum Gasteiger partial charge on any atom is 0.337 e. The van der Waals surface area contributed by atoms with E-state index in [4.69, 9.17) is 4.74 Å². The predicted octanol–water partition coefficient (Wildman–Crippen LogP) is 1.90. The van der Waals surface area contributed by atoms with Crippen LogP contribution in [-0.2, 0) is 11.3 Å². The third kappa shape index (κ3) is 3.81. The molecule has 1 heterocycles. The van der Waals surface area contributed by atoms with Crippen LogP contribution in [0.3, 0.4) is 0 Å². The van der Waals surface area contributed by atoms with Gasteiger partial charge in [0.15, 0.2) is 0 Å². The zero-order chi connectivity index (χ0) is 14.5. The lowest BCUT2D eigenvalue weighted by atomic mass is 10.0. The Morgan fingerprint density at radius 2 is 2.30 bits per heavy atom. The minimum absolute atomic E-state index is 0.271. The van der Waals surface area contributed by atoms with Gasteiger partial charge in [-0.2, -0.15) is 0 Å². The first-order chi connectivity index (χ1) is 9.60. The smallest absolute Gasteiger partial charge is 0.337 e. The van der Waals surface area contributed by atoms with Crippen molar-refractivity contribution in [3.63, 3.8) is 0 Å². The van der Waals surface area contributed by atoms with E-state index in [-0.39, 0.29) is 5.97 Å². The lowest BCUT2D eigenvalue weighted by molar-refractivity contribution is 0.0600. The summed E-state index contributed by atoms with van der Waals surface area (Å²) in [5.41, 5.74) is 1.79. The zero-order valence-corrected chi connectivity index (χ0v) is 12.6. The molecule has 0 saturated carbocycles. The molecule has 0 bridgehead atoms. The molecule has 1 N–H and O–H groups in total. The normalized spacial score (nSPS) is 20.1. The molecule has 0 radical (unpaired) electrons. The van der Waals surface area contributed by atoms with Crippen molar-refractivity contribution in [2.75, 3.05) is 26.7 Å². The molecule has 4 heteroatoms. The molecule has 1 aliphatic heterocycles. The van der Waals surface area contributed by atoms with E-state index >= 15 is 0 Å². The average molecular weight is 276 g/mol. The Kier molecular flexibility index (Phi) is 5.15. The fourth-order valence-electron chi connectivity index (χ4n) is 2.60. The number of carbonyl (C=O) groups is 1. The quantitative estimate of drug-likeness (QED) is 0.853. The number of benzene rings is 1. The van der Waals surface area contributed by atoms with Crippen LogP contribution in [0.1, 0.15) is 29.8 Å². The van der Waals surface area contributed by atoms with Gasteiger partial charge < -0.3 is 10.1 Å². The predicted molar refractivity (Wildman–Crippen MR) is 79.7 cm³/mol. The first-order valence-electron chi connectivity index (χ1n) is 7.23. The number of hydrogen-bond donors (Lipinski definition) is 1. The number of hydrogen-bond acceptors (Lipinski definition) is 4. The molecule has 1 aromatic carbocycles. The van der Waals surface area contributed by atoms with Gasteiger partial charge in [-0.25, -0.2) is 4.79 Å². The van der Waals surface area contributed by atoms with Gasteiger partial charge in [0.2, 0.25) is 0 Å². The van der Waals surface area contributed by atoms with Gasteiger partial charge in [-0.15, -0.1) is 0 Å². The summed E-state index contributed by atoms with van der Waals surface area (Å²) in [6.07, 6.45) is 0. The number of rotatable bonds is 4. The Morgan fingerprint density at radius 1 is 1.50 bits per heavy atom. The number of carbonyl (C=O) groups excluding carboxylic acids is 1. The molecule has 0 aliphatic carbocycles. The maximum absolute atomic E-state index is 11.6. The number of methoxy groups -OCH3 is 1. The molecule has 0 aromatic heterocycles. The lowest BCUT2D eigenvalue weighted by Crippen LogP contribution is -2.52. The molecule has 1 aliphatic rings. The van der Waals surface area contributed by atoms with Crippen molar-refractivity contribution < 1.29 is 9.53 Å². The van der Waals surface area contributed by atoms with Crippen LogP contribution in [0.2, 0.25) is 0 Å². The van der Waals surface area contributed by atoms with E-state index in [1.165, 1.54) is 7.11 Å².